The van der Waals surface area contributed by atoms with E-state index in [1.165, 1.54) is 0 Å². The van der Waals surface area contributed by atoms with Crippen LogP contribution in [0, 0.1) is 12.8 Å². The highest BCUT2D eigenvalue weighted by Crippen LogP contribution is 2.29. The molecule has 1 aliphatic heterocycles. The van der Waals surface area contributed by atoms with E-state index in [0.29, 0.717) is 30.1 Å². The predicted molar refractivity (Wildman–Crippen MR) is 114 cm³/mol. The number of benzene rings is 2. The van der Waals surface area contributed by atoms with Gasteiger partial charge in [0, 0.05) is 30.8 Å². The highest BCUT2D eigenvalue weighted by Gasteiger charge is 2.34. The van der Waals surface area contributed by atoms with Crippen molar-refractivity contribution in [1.82, 2.24) is 5.32 Å². The monoisotopic (exact) mass is 407 g/mol. The van der Waals surface area contributed by atoms with E-state index < -0.39 is 17.9 Å². The lowest BCUT2D eigenvalue weighted by molar-refractivity contribution is -0.126. The number of hydrogen-bond donors (Lipinski definition) is 2. The van der Waals surface area contributed by atoms with Gasteiger partial charge in [0.1, 0.15) is 5.75 Å². The van der Waals surface area contributed by atoms with E-state index >= 15 is 0 Å². The second kappa shape index (κ2) is 9.26. The molecule has 2 atom stereocenters. The fourth-order valence-corrected chi connectivity index (χ4v) is 3.32. The Kier molecular flexibility index (Phi) is 6.51. The number of rotatable bonds is 8. The summed E-state index contributed by atoms with van der Waals surface area (Å²) in [4.78, 5) is 37.9. The molecule has 0 bridgehead atoms. The summed E-state index contributed by atoms with van der Waals surface area (Å²) < 4.78 is 5.80. The molecule has 3 N–H and O–H groups in total. The maximum atomic E-state index is 12.4. The molecule has 7 heteroatoms. The Morgan fingerprint density at radius 1 is 1.23 bits per heavy atom. The van der Waals surface area contributed by atoms with E-state index in [1.807, 2.05) is 19.1 Å². The van der Waals surface area contributed by atoms with Crippen molar-refractivity contribution in [2.24, 2.45) is 11.7 Å². The zero-order valence-corrected chi connectivity index (χ0v) is 16.8. The highest BCUT2D eigenvalue weighted by molar-refractivity contribution is 6.00. The molecular formula is C23H25N3O4. The van der Waals surface area contributed by atoms with Gasteiger partial charge in [0.2, 0.25) is 17.9 Å². The van der Waals surface area contributed by atoms with E-state index in [1.54, 1.807) is 47.4 Å². The summed E-state index contributed by atoms with van der Waals surface area (Å²) in [5, 5.41) is 2.73. The summed E-state index contributed by atoms with van der Waals surface area (Å²) in [7, 11) is 0. The summed E-state index contributed by atoms with van der Waals surface area (Å²) in [5.74, 6) is -0.805. The first-order valence-electron chi connectivity index (χ1n) is 9.70. The minimum Gasteiger partial charge on any atom is -0.476 e. The van der Waals surface area contributed by atoms with Gasteiger partial charge >= 0.3 is 0 Å². The zero-order valence-electron chi connectivity index (χ0n) is 16.8. The second-order valence-corrected chi connectivity index (χ2v) is 7.24. The lowest BCUT2D eigenvalue weighted by Gasteiger charge is -2.19. The molecule has 156 valence electrons. The van der Waals surface area contributed by atoms with Crippen LogP contribution in [0.3, 0.4) is 0 Å². The van der Waals surface area contributed by atoms with Gasteiger partial charge in [-0.1, -0.05) is 35.9 Å². The van der Waals surface area contributed by atoms with E-state index in [4.69, 9.17) is 10.5 Å². The molecule has 1 heterocycles. The molecule has 1 saturated heterocycles. The minimum absolute atomic E-state index is 0.114. The molecule has 30 heavy (non-hydrogen) atoms. The van der Waals surface area contributed by atoms with Gasteiger partial charge < -0.3 is 20.7 Å². The van der Waals surface area contributed by atoms with Gasteiger partial charge in [-0.15, -0.1) is 6.58 Å². The van der Waals surface area contributed by atoms with Crippen LogP contribution in [0.2, 0.25) is 0 Å². The Morgan fingerprint density at radius 2 is 1.90 bits per heavy atom. The summed E-state index contributed by atoms with van der Waals surface area (Å²) in [6.45, 7) is 6.21. The van der Waals surface area contributed by atoms with Crippen LogP contribution in [0.1, 0.15) is 23.7 Å². The normalized spacial score (nSPS) is 16.8. The van der Waals surface area contributed by atoms with Crippen LogP contribution in [0.15, 0.2) is 61.2 Å². The van der Waals surface area contributed by atoms with E-state index in [-0.39, 0.29) is 18.2 Å². The fourth-order valence-electron chi connectivity index (χ4n) is 3.32. The molecule has 2 unspecified atom stereocenters. The van der Waals surface area contributed by atoms with E-state index in [9.17, 15) is 14.4 Å². The van der Waals surface area contributed by atoms with Gasteiger partial charge in [0.05, 0.1) is 5.92 Å². The van der Waals surface area contributed by atoms with Crippen LogP contribution < -0.4 is 20.7 Å². The largest absolute Gasteiger partial charge is 0.476 e. The lowest BCUT2D eigenvalue weighted by atomic mass is 10.1. The van der Waals surface area contributed by atoms with Crippen molar-refractivity contribution < 1.29 is 19.1 Å². The number of anilines is 1. The van der Waals surface area contributed by atoms with Crippen LogP contribution >= 0.6 is 0 Å². The van der Waals surface area contributed by atoms with Crippen molar-refractivity contribution in [2.75, 3.05) is 18.0 Å². The van der Waals surface area contributed by atoms with Gasteiger partial charge in [-0.2, -0.15) is 0 Å². The number of aryl methyl sites for hydroxylation is 1. The van der Waals surface area contributed by atoms with Crippen molar-refractivity contribution in [3.63, 3.8) is 0 Å². The number of nitrogens with one attached hydrogen (secondary N) is 1. The fraction of sp³-hybridized carbons (Fsp3) is 0.261. The summed E-state index contributed by atoms with van der Waals surface area (Å²) in [6, 6.07) is 14.2. The second-order valence-electron chi connectivity index (χ2n) is 7.24. The maximum Gasteiger partial charge on any atom is 0.263 e. The molecule has 0 aromatic heterocycles. The molecule has 0 radical (unpaired) electrons. The first-order valence-corrected chi connectivity index (χ1v) is 9.70. The molecule has 0 saturated carbocycles. The van der Waals surface area contributed by atoms with Crippen molar-refractivity contribution in [2.45, 2.75) is 19.4 Å². The van der Waals surface area contributed by atoms with Gasteiger partial charge in [-0.05, 0) is 31.2 Å². The Labute approximate surface area is 175 Å². The van der Waals surface area contributed by atoms with Gasteiger partial charge in [0.15, 0.2) is 0 Å². The lowest BCUT2D eigenvalue weighted by Crippen LogP contribution is -2.33. The molecule has 1 aliphatic rings. The van der Waals surface area contributed by atoms with Gasteiger partial charge in [-0.25, -0.2) is 0 Å². The Hall–Kier alpha value is -3.61. The molecular weight excluding hydrogens is 382 g/mol. The van der Waals surface area contributed by atoms with E-state index in [0.717, 1.165) is 5.56 Å². The average Bonchev–Trinajstić information content (AvgIpc) is 3.13. The maximum absolute atomic E-state index is 12.4. The van der Waals surface area contributed by atoms with Crippen molar-refractivity contribution in [3.8, 4) is 5.75 Å². The Morgan fingerprint density at radius 3 is 2.50 bits per heavy atom. The number of carbonyl (C=O) groups excluding carboxylic acids is 3. The molecule has 7 nitrogen and oxygen atoms in total. The van der Waals surface area contributed by atoms with Crippen LogP contribution in [0.25, 0.3) is 0 Å². The van der Waals surface area contributed by atoms with Crippen LogP contribution in [0.4, 0.5) is 5.69 Å². The zero-order chi connectivity index (χ0) is 21.7. The summed E-state index contributed by atoms with van der Waals surface area (Å²) >= 11 is 0. The number of amides is 3. The smallest absolute Gasteiger partial charge is 0.263 e. The quantitative estimate of drug-likeness (QED) is 0.655. The van der Waals surface area contributed by atoms with Gasteiger partial charge in [-0.3, -0.25) is 14.4 Å². The summed E-state index contributed by atoms with van der Waals surface area (Å²) in [6.07, 6.45) is 0.849. The third-order valence-electron chi connectivity index (χ3n) is 4.96. The molecule has 3 rings (SSSR count). The first-order chi connectivity index (χ1) is 14.4. The van der Waals surface area contributed by atoms with Crippen molar-refractivity contribution >= 4 is 23.4 Å². The average molecular weight is 407 g/mol. The molecule has 1 fully saturated rings. The molecule has 0 aliphatic carbocycles. The van der Waals surface area contributed by atoms with Gasteiger partial charge in [0.25, 0.3) is 5.91 Å². The third kappa shape index (κ3) is 4.86. The highest BCUT2D eigenvalue weighted by atomic mass is 16.5. The summed E-state index contributed by atoms with van der Waals surface area (Å²) in [5.41, 5.74) is 7.92. The Bertz CT molecular complexity index is 938. The standard InChI is InChI=1S/C23H25N3O4/c1-3-12-25-23(29)17-13-20(27)26(14-17)18-8-10-19(11-9-18)30-21(22(24)28)16-6-4-15(2)5-7-16/h3-11,17,21H,1,12-14H2,2H3,(H2,24,28)(H,25,29). The minimum atomic E-state index is -0.914. The number of nitrogens with zero attached hydrogens (tertiary/aromatic N) is 1. The van der Waals surface area contributed by atoms with Crippen LogP contribution in [0.5, 0.6) is 5.75 Å². The Balaban J connectivity index is 1.69. The molecule has 3 amide bonds. The molecule has 0 spiro atoms. The topological polar surface area (TPSA) is 102 Å². The SMILES string of the molecule is C=CCNC(=O)C1CC(=O)N(c2ccc(OC(C(N)=O)c3ccc(C)cc3)cc2)C1. The first kappa shape index (κ1) is 21.1. The van der Waals surface area contributed by atoms with Crippen molar-refractivity contribution in [3.05, 3.63) is 72.3 Å². The number of nitrogens with two attached hydrogens (primary N) is 1. The van der Waals surface area contributed by atoms with Crippen LogP contribution in [-0.2, 0) is 14.4 Å². The number of ether oxygens (including phenoxy) is 1. The number of carbonyl (C=O) groups is 3. The molecule has 2 aromatic carbocycles. The number of hydrogen-bond acceptors (Lipinski definition) is 4. The van der Waals surface area contributed by atoms with E-state index in [2.05, 4.69) is 11.9 Å². The third-order valence-corrected chi connectivity index (χ3v) is 4.96. The van der Waals surface area contributed by atoms with Crippen molar-refractivity contribution in [1.29, 1.82) is 0 Å². The molecule has 2 aromatic rings. The predicted octanol–water partition coefficient (Wildman–Crippen LogP) is 2.26. The van der Waals surface area contributed by atoms with Crippen LogP contribution in [-0.4, -0.2) is 30.8 Å². The number of primary amides is 1.